The standard InChI is InChI=1S/C33H37N3O4/c34-32(37)29-20-26(14-9-19-39-22-24-10-3-1-4-11-24)21-36(33(38)40-23-25-12-5-2-6-13-25)18-17-28-27-15-7-8-16-30(27)35-31(28)29/h1-8,10-13,15-16,26,29,35H,9,14,17-23H2,(H2,34,37). The largest absolute Gasteiger partial charge is 0.445 e. The Morgan fingerprint density at radius 1 is 0.900 bits per heavy atom. The number of aromatic nitrogens is 1. The maximum Gasteiger partial charge on any atom is 0.410 e. The zero-order chi connectivity index (χ0) is 27.7. The molecule has 0 radical (unpaired) electrons. The number of carbonyl (C=O) groups excluding carboxylic acids is 2. The van der Waals surface area contributed by atoms with E-state index in [1.807, 2.05) is 78.9 Å². The van der Waals surface area contributed by atoms with E-state index < -0.39 is 5.92 Å². The van der Waals surface area contributed by atoms with Crippen molar-refractivity contribution >= 4 is 22.9 Å². The van der Waals surface area contributed by atoms with Gasteiger partial charge in [0.25, 0.3) is 0 Å². The number of primary amides is 1. The number of nitrogens with two attached hydrogens (primary N) is 1. The lowest BCUT2D eigenvalue weighted by Gasteiger charge is -2.27. The number of ether oxygens (including phenoxy) is 2. The van der Waals surface area contributed by atoms with Crippen molar-refractivity contribution in [3.63, 3.8) is 0 Å². The summed E-state index contributed by atoms with van der Waals surface area (Å²) in [5.74, 6) is -0.754. The van der Waals surface area contributed by atoms with Crippen LogP contribution < -0.4 is 5.73 Å². The Hall–Kier alpha value is -4.10. The molecule has 1 aliphatic rings. The summed E-state index contributed by atoms with van der Waals surface area (Å²) in [4.78, 5) is 31.4. The molecular formula is C33H37N3O4. The van der Waals surface area contributed by atoms with Gasteiger partial charge in [0.1, 0.15) is 6.61 Å². The molecule has 2 unspecified atom stereocenters. The molecule has 4 aromatic rings. The van der Waals surface area contributed by atoms with E-state index in [1.165, 1.54) is 0 Å². The molecule has 5 rings (SSSR count). The highest BCUT2D eigenvalue weighted by Crippen LogP contribution is 2.35. The summed E-state index contributed by atoms with van der Waals surface area (Å²) in [6.45, 7) is 2.37. The van der Waals surface area contributed by atoms with E-state index in [9.17, 15) is 9.59 Å². The molecule has 3 N–H and O–H groups in total. The second kappa shape index (κ2) is 13.3. The number of rotatable bonds is 9. The first-order valence-corrected chi connectivity index (χ1v) is 14.0. The molecule has 2 amide bonds. The molecule has 2 atom stereocenters. The molecule has 1 aliphatic heterocycles. The molecule has 7 heteroatoms. The third kappa shape index (κ3) is 6.90. The number of hydrogen-bond acceptors (Lipinski definition) is 4. The third-order valence-corrected chi connectivity index (χ3v) is 7.69. The SMILES string of the molecule is NC(=O)C1CC(CCCOCc2ccccc2)CN(C(=O)OCc2ccccc2)CCc2c1[nH]c1ccccc21. The first kappa shape index (κ1) is 27.5. The molecule has 2 heterocycles. The van der Waals surface area contributed by atoms with Crippen LogP contribution in [0, 0.1) is 5.92 Å². The molecule has 40 heavy (non-hydrogen) atoms. The number of aromatic amines is 1. The number of carbonyl (C=O) groups is 2. The minimum absolute atomic E-state index is 0.0551. The number of H-pyrrole nitrogens is 1. The highest BCUT2D eigenvalue weighted by atomic mass is 16.6. The summed E-state index contributed by atoms with van der Waals surface area (Å²) in [7, 11) is 0. The van der Waals surface area contributed by atoms with Gasteiger partial charge in [-0.05, 0) is 54.4 Å². The highest BCUT2D eigenvalue weighted by Gasteiger charge is 2.32. The molecule has 1 aromatic heterocycles. The fraction of sp³-hybridized carbons (Fsp3) is 0.333. The second-order valence-corrected chi connectivity index (χ2v) is 10.5. The molecular weight excluding hydrogens is 502 g/mol. The summed E-state index contributed by atoms with van der Waals surface area (Å²) in [6, 6.07) is 27.8. The molecule has 0 fully saturated rings. The zero-order valence-corrected chi connectivity index (χ0v) is 22.8. The van der Waals surface area contributed by atoms with Crippen LogP contribution in [0.25, 0.3) is 10.9 Å². The van der Waals surface area contributed by atoms with Crippen molar-refractivity contribution in [2.75, 3.05) is 19.7 Å². The van der Waals surface area contributed by atoms with Crippen molar-refractivity contribution in [2.45, 2.75) is 44.8 Å². The number of nitrogens with one attached hydrogen (secondary N) is 1. The Morgan fingerprint density at radius 3 is 2.30 bits per heavy atom. The van der Waals surface area contributed by atoms with Crippen molar-refractivity contribution in [3.8, 4) is 0 Å². The quantitative estimate of drug-likeness (QED) is 0.258. The van der Waals surface area contributed by atoms with Gasteiger partial charge >= 0.3 is 6.09 Å². The topological polar surface area (TPSA) is 97.7 Å². The average Bonchev–Trinajstić information content (AvgIpc) is 3.37. The van der Waals surface area contributed by atoms with Crippen LogP contribution in [0.3, 0.4) is 0 Å². The summed E-state index contributed by atoms with van der Waals surface area (Å²) in [5.41, 5.74) is 11.0. The van der Waals surface area contributed by atoms with Crippen LogP contribution >= 0.6 is 0 Å². The van der Waals surface area contributed by atoms with Crippen LogP contribution in [-0.4, -0.2) is 41.6 Å². The van der Waals surface area contributed by atoms with Crippen molar-refractivity contribution in [1.29, 1.82) is 0 Å². The smallest absolute Gasteiger partial charge is 0.410 e. The molecule has 0 saturated heterocycles. The van der Waals surface area contributed by atoms with Gasteiger partial charge in [0, 0.05) is 36.3 Å². The number of benzene rings is 3. The van der Waals surface area contributed by atoms with Gasteiger partial charge in [0.05, 0.1) is 12.5 Å². The Morgan fingerprint density at radius 2 is 1.57 bits per heavy atom. The summed E-state index contributed by atoms with van der Waals surface area (Å²) in [6.07, 6.45) is 2.44. The van der Waals surface area contributed by atoms with E-state index in [2.05, 4.69) is 11.1 Å². The lowest BCUT2D eigenvalue weighted by Crippen LogP contribution is -2.37. The van der Waals surface area contributed by atoms with Crippen molar-refractivity contribution in [2.24, 2.45) is 11.7 Å². The van der Waals surface area contributed by atoms with Gasteiger partial charge in [-0.3, -0.25) is 4.79 Å². The number of fused-ring (bicyclic) bond motifs is 3. The van der Waals surface area contributed by atoms with Gasteiger partial charge in [-0.2, -0.15) is 0 Å². The normalized spacial score (nSPS) is 17.4. The average molecular weight is 540 g/mol. The lowest BCUT2D eigenvalue weighted by molar-refractivity contribution is -0.120. The monoisotopic (exact) mass is 539 g/mol. The zero-order valence-electron chi connectivity index (χ0n) is 22.8. The first-order chi connectivity index (χ1) is 19.6. The maximum absolute atomic E-state index is 13.3. The molecule has 0 aliphatic carbocycles. The molecule has 3 aromatic carbocycles. The number of amides is 2. The van der Waals surface area contributed by atoms with Crippen molar-refractivity contribution < 1.29 is 19.1 Å². The van der Waals surface area contributed by atoms with Crippen LogP contribution in [0.4, 0.5) is 4.79 Å². The molecule has 7 nitrogen and oxygen atoms in total. The van der Waals surface area contributed by atoms with Crippen LogP contribution in [0.5, 0.6) is 0 Å². The van der Waals surface area contributed by atoms with Gasteiger partial charge < -0.3 is 25.1 Å². The lowest BCUT2D eigenvalue weighted by atomic mass is 9.87. The van der Waals surface area contributed by atoms with Gasteiger partial charge in [0.15, 0.2) is 0 Å². The van der Waals surface area contributed by atoms with Crippen LogP contribution in [0.2, 0.25) is 0 Å². The van der Waals surface area contributed by atoms with Gasteiger partial charge in [-0.15, -0.1) is 0 Å². The number of hydrogen-bond donors (Lipinski definition) is 2. The number of para-hydroxylation sites is 1. The predicted molar refractivity (Wildman–Crippen MR) is 156 cm³/mol. The van der Waals surface area contributed by atoms with E-state index in [1.54, 1.807) is 4.90 Å². The van der Waals surface area contributed by atoms with Crippen molar-refractivity contribution in [1.82, 2.24) is 9.88 Å². The van der Waals surface area contributed by atoms with E-state index in [0.29, 0.717) is 39.1 Å². The fourth-order valence-electron chi connectivity index (χ4n) is 5.65. The highest BCUT2D eigenvalue weighted by molar-refractivity contribution is 5.89. The molecule has 0 saturated carbocycles. The van der Waals surface area contributed by atoms with Crippen LogP contribution in [-0.2, 0) is 33.9 Å². The van der Waals surface area contributed by atoms with Crippen LogP contribution in [0.15, 0.2) is 84.9 Å². The van der Waals surface area contributed by atoms with E-state index >= 15 is 0 Å². The van der Waals surface area contributed by atoms with Gasteiger partial charge in [-0.25, -0.2) is 4.79 Å². The van der Waals surface area contributed by atoms with Crippen molar-refractivity contribution in [3.05, 3.63) is 107 Å². The number of nitrogens with zero attached hydrogens (tertiary/aromatic N) is 1. The molecule has 0 bridgehead atoms. The molecule has 0 spiro atoms. The maximum atomic E-state index is 13.3. The minimum Gasteiger partial charge on any atom is -0.445 e. The summed E-state index contributed by atoms with van der Waals surface area (Å²) < 4.78 is 11.7. The molecule has 208 valence electrons. The van der Waals surface area contributed by atoms with E-state index in [4.69, 9.17) is 15.2 Å². The summed E-state index contributed by atoms with van der Waals surface area (Å²) >= 11 is 0. The van der Waals surface area contributed by atoms with Gasteiger partial charge in [0.2, 0.25) is 5.91 Å². The minimum atomic E-state index is -0.460. The Balaban J connectivity index is 1.33. The Bertz CT molecular complexity index is 1400. The van der Waals surface area contributed by atoms with Crippen LogP contribution in [0.1, 0.15) is 47.6 Å². The van der Waals surface area contributed by atoms with E-state index in [-0.39, 0.29) is 24.5 Å². The Labute approximate surface area is 235 Å². The Kier molecular flexibility index (Phi) is 9.14. The first-order valence-electron chi connectivity index (χ1n) is 14.0. The fourth-order valence-corrected chi connectivity index (χ4v) is 5.65. The van der Waals surface area contributed by atoms with Gasteiger partial charge in [-0.1, -0.05) is 78.9 Å². The van der Waals surface area contributed by atoms with E-state index in [0.717, 1.165) is 46.1 Å². The summed E-state index contributed by atoms with van der Waals surface area (Å²) in [5, 5.41) is 1.06. The third-order valence-electron chi connectivity index (χ3n) is 7.69. The predicted octanol–water partition coefficient (Wildman–Crippen LogP) is 5.94. The second-order valence-electron chi connectivity index (χ2n) is 10.5.